The van der Waals surface area contributed by atoms with Gasteiger partial charge in [0.05, 0.1) is 18.6 Å². The smallest absolute Gasteiger partial charge is 0.114 e. The molecule has 2 rings (SSSR count). The van der Waals surface area contributed by atoms with Crippen LogP contribution >= 0.6 is 0 Å². The molecular weight excluding hydrogens is 180 g/mol. The van der Waals surface area contributed by atoms with Crippen LogP contribution in [0, 0.1) is 6.92 Å². The summed E-state index contributed by atoms with van der Waals surface area (Å²) in [5.74, 6) is 1.95. The number of ether oxygens (including phenoxy) is 1. The highest BCUT2D eigenvalue weighted by atomic mass is 16.5. The third-order valence-corrected chi connectivity index (χ3v) is 2.83. The van der Waals surface area contributed by atoms with Crippen LogP contribution in [-0.2, 0) is 10.2 Å². The van der Waals surface area contributed by atoms with Crippen LogP contribution in [0.25, 0.3) is 0 Å². The summed E-state index contributed by atoms with van der Waals surface area (Å²) in [5, 5.41) is 8.83. The quantitative estimate of drug-likeness (QED) is 0.795. The van der Waals surface area contributed by atoms with Gasteiger partial charge >= 0.3 is 0 Å². The number of furan rings is 1. The first-order chi connectivity index (χ1) is 6.77. The van der Waals surface area contributed by atoms with Gasteiger partial charge in [-0.2, -0.15) is 0 Å². The van der Waals surface area contributed by atoms with Gasteiger partial charge in [-0.15, -0.1) is 0 Å². The molecule has 3 nitrogen and oxygen atoms in total. The highest BCUT2D eigenvalue weighted by Crippen LogP contribution is 2.37. The number of rotatable bonds is 4. The summed E-state index contributed by atoms with van der Waals surface area (Å²) in [4.78, 5) is 0. The van der Waals surface area contributed by atoms with E-state index < -0.39 is 0 Å². The van der Waals surface area contributed by atoms with Crippen LogP contribution < -0.4 is 0 Å². The van der Waals surface area contributed by atoms with Crippen LogP contribution in [-0.4, -0.2) is 24.9 Å². The molecule has 3 heteroatoms. The minimum atomic E-state index is 0.0387. The maximum absolute atomic E-state index is 8.83. The maximum atomic E-state index is 8.83. The largest absolute Gasteiger partial charge is 0.466 e. The molecular formula is C11H16O3. The van der Waals surface area contributed by atoms with Crippen molar-refractivity contribution >= 4 is 0 Å². The molecule has 0 radical (unpaired) electrons. The molecule has 0 saturated carbocycles. The average Bonchev–Trinajstić information content (AvgIpc) is 2.51. The van der Waals surface area contributed by atoms with Gasteiger partial charge in [0.2, 0.25) is 0 Å². The summed E-state index contributed by atoms with van der Waals surface area (Å²) < 4.78 is 10.9. The second kappa shape index (κ2) is 3.75. The molecule has 0 spiro atoms. The summed E-state index contributed by atoms with van der Waals surface area (Å²) in [6, 6.07) is 4.00. The van der Waals surface area contributed by atoms with Crippen molar-refractivity contribution in [1.29, 1.82) is 0 Å². The first-order valence-corrected chi connectivity index (χ1v) is 5.02. The molecule has 0 atom stereocenters. The summed E-state index contributed by atoms with van der Waals surface area (Å²) in [5.41, 5.74) is 0.0387. The molecule has 1 aromatic rings. The van der Waals surface area contributed by atoms with Crippen LogP contribution in [0.1, 0.15) is 24.4 Å². The third kappa shape index (κ3) is 1.57. The molecule has 0 aromatic carbocycles. The first kappa shape index (κ1) is 9.74. The fourth-order valence-corrected chi connectivity index (χ4v) is 1.90. The highest BCUT2D eigenvalue weighted by molar-refractivity contribution is 5.20. The van der Waals surface area contributed by atoms with Crippen LogP contribution in [0.4, 0.5) is 0 Å². The Morgan fingerprint density at radius 3 is 2.64 bits per heavy atom. The zero-order valence-electron chi connectivity index (χ0n) is 8.45. The molecule has 78 valence electrons. The van der Waals surface area contributed by atoms with Crippen molar-refractivity contribution in [3.05, 3.63) is 23.7 Å². The van der Waals surface area contributed by atoms with E-state index in [4.69, 9.17) is 14.3 Å². The molecule has 0 unspecified atom stereocenters. The van der Waals surface area contributed by atoms with Gasteiger partial charge in [-0.1, -0.05) is 0 Å². The Kier molecular flexibility index (Phi) is 2.61. The SMILES string of the molecule is Cc1ccc(C2(CCCO)COC2)o1. The molecule has 14 heavy (non-hydrogen) atoms. The zero-order chi connectivity index (χ0) is 10.0. The van der Waals surface area contributed by atoms with Crippen molar-refractivity contribution < 1.29 is 14.3 Å². The predicted molar refractivity (Wildman–Crippen MR) is 52.3 cm³/mol. The maximum Gasteiger partial charge on any atom is 0.114 e. The van der Waals surface area contributed by atoms with Crippen LogP contribution in [0.5, 0.6) is 0 Å². The molecule has 1 saturated heterocycles. The van der Waals surface area contributed by atoms with Crippen molar-refractivity contribution in [2.45, 2.75) is 25.2 Å². The van der Waals surface area contributed by atoms with Crippen LogP contribution in [0.3, 0.4) is 0 Å². The van der Waals surface area contributed by atoms with E-state index in [0.29, 0.717) is 0 Å². The standard InChI is InChI=1S/C11H16O3/c1-9-3-4-10(14-9)11(5-2-6-12)7-13-8-11/h3-4,12H,2,5-8H2,1H3. The number of hydrogen-bond acceptors (Lipinski definition) is 3. The molecule has 1 aromatic heterocycles. The number of aryl methyl sites for hydroxylation is 1. The molecule has 1 N–H and O–H groups in total. The second-order valence-electron chi connectivity index (χ2n) is 4.01. The first-order valence-electron chi connectivity index (χ1n) is 5.02. The molecule has 1 aliphatic heterocycles. The lowest BCUT2D eigenvalue weighted by Gasteiger charge is -2.39. The van der Waals surface area contributed by atoms with Crippen LogP contribution in [0.2, 0.25) is 0 Å². The minimum Gasteiger partial charge on any atom is -0.466 e. The van der Waals surface area contributed by atoms with E-state index in [1.54, 1.807) is 0 Å². The summed E-state index contributed by atoms with van der Waals surface area (Å²) in [7, 11) is 0. The Labute approximate surface area is 83.7 Å². The molecule has 0 bridgehead atoms. The van der Waals surface area contributed by atoms with Gasteiger partial charge in [-0.3, -0.25) is 0 Å². The lowest BCUT2D eigenvalue weighted by molar-refractivity contribution is -0.0765. The van der Waals surface area contributed by atoms with Crippen molar-refractivity contribution in [3.8, 4) is 0 Å². The summed E-state index contributed by atoms with van der Waals surface area (Å²) in [6.07, 6.45) is 1.75. The predicted octanol–water partition coefficient (Wildman–Crippen LogP) is 1.63. The van der Waals surface area contributed by atoms with Crippen molar-refractivity contribution in [3.63, 3.8) is 0 Å². The Bertz CT molecular complexity index is 299. The fourth-order valence-electron chi connectivity index (χ4n) is 1.90. The molecule has 0 amide bonds. The number of aliphatic hydroxyl groups is 1. The van der Waals surface area contributed by atoms with E-state index in [1.807, 2.05) is 19.1 Å². The van der Waals surface area contributed by atoms with Gasteiger partial charge in [0, 0.05) is 6.61 Å². The van der Waals surface area contributed by atoms with E-state index in [-0.39, 0.29) is 12.0 Å². The van der Waals surface area contributed by atoms with E-state index in [2.05, 4.69) is 0 Å². The zero-order valence-corrected chi connectivity index (χ0v) is 8.45. The molecule has 0 aliphatic carbocycles. The van der Waals surface area contributed by atoms with E-state index in [1.165, 1.54) is 0 Å². The van der Waals surface area contributed by atoms with Gasteiger partial charge in [-0.25, -0.2) is 0 Å². The van der Waals surface area contributed by atoms with E-state index >= 15 is 0 Å². The van der Waals surface area contributed by atoms with E-state index in [9.17, 15) is 0 Å². The third-order valence-electron chi connectivity index (χ3n) is 2.83. The van der Waals surface area contributed by atoms with Gasteiger partial charge < -0.3 is 14.3 Å². The van der Waals surface area contributed by atoms with Crippen molar-refractivity contribution in [2.24, 2.45) is 0 Å². The summed E-state index contributed by atoms with van der Waals surface area (Å²) in [6.45, 7) is 3.63. The van der Waals surface area contributed by atoms with Crippen molar-refractivity contribution in [1.82, 2.24) is 0 Å². The molecule has 1 fully saturated rings. The van der Waals surface area contributed by atoms with Gasteiger partial charge in [0.15, 0.2) is 0 Å². The lowest BCUT2D eigenvalue weighted by Crippen LogP contribution is -2.46. The van der Waals surface area contributed by atoms with E-state index in [0.717, 1.165) is 37.6 Å². The Balaban J connectivity index is 2.11. The van der Waals surface area contributed by atoms with Crippen LogP contribution in [0.15, 0.2) is 16.5 Å². The number of aliphatic hydroxyl groups excluding tert-OH is 1. The minimum absolute atomic E-state index is 0.0387. The molecule has 2 heterocycles. The second-order valence-corrected chi connectivity index (χ2v) is 4.01. The summed E-state index contributed by atoms with van der Waals surface area (Å²) >= 11 is 0. The molecule has 1 aliphatic rings. The Morgan fingerprint density at radius 1 is 1.43 bits per heavy atom. The topological polar surface area (TPSA) is 42.6 Å². The lowest BCUT2D eigenvalue weighted by atomic mass is 9.79. The normalized spacial score (nSPS) is 19.3. The van der Waals surface area contributed by atoms with Gasteiger partial charge in [-0.05, 0) is 31.9 Å². The average molecular weight is 196 g/mol. The fraction of sp³-hybridized carbons (Fsp3) is 0.636. The Hall–Kier alpha value is -0.800. The Morgan fingerprint density at radius 2 is 2.21 bits per heavy atom. The van der Waals surface area contributed by atoms with Gasteiger partial charge in [0.1, 0.15) is 11.5 Å². The number of hydrogen-bond donors (Lipinski definition) is 1. The monoisotopic (exact) mass is 196 g/mol. The van der Waals surface area contributed by atoms with Gasteiger partial charge in [0.25, 0.3) is 0 Å². The van der Waals surface area contributed by atoms with Crippen molar-refractivity contribution in [2.75, 3.05) is 19.8 Å². The highest BCUT2D eigenvalue weighted by Gasteiger charge is 2.42.